The second-order valence-corrected chi connectivity index (χ2v) is 7.69. The number of fused-ring (bicyclic) bond motifs is 1. The Morgan fingerprint density at radius 1 is 0.889 bits per heavy atom. The number of benzene rings is 3. The highest BCUT2D eigenvalue weighted by Crippen LogP contribution is 2.29. The minimum absolute atomic E-state index is 0.171. The number of methoxy groups -OCH3 is 1. The van der Waals surface area contributed by atoms with Crippen LogP contribution in [-0.2, 0) is 10.0 Å². The quantitative estimate of drug-likeness (QED) is 0.535. The van der Waals surface area contributed by atoms with Crippen LogP contribution >= 0.6 is 0 Å². The van der Waals surface area contributed by atoms with Gasteiger partial charge in [-0.25, -0.2) is 8.42 Å². The molecule has 27 heavy (non-hydrogen) atoms. The molecule has 0 aliphatic heterocycles. The number of para-hydroxylation sites is 1. The third-order valence-electron chi connectivity index (χ3n) is 4.22. The third kappa shape index (κ3) is 3.52. The van der Waals surface area contributed by atoms with Gasteiger partial charge in [-0.1, -0.05) is 18.2 Å². The Hall–Kier alpha value is -3.25. The van der Waals surface area contributed by atoms with Crippen molar-refractivity contribution in [2.75, 3.05) is 11.8 Å². The van der Waals surface area contributed by atoms with E-state index in [2.05, 4.69) is 4.72 Å². The molecule has 0 aliphatic rings. The van der Waals surface area contributed by atoms with Gasteiger partial charge in [0.25, 0.3) is 10.0 Å². The van der Waals surface area contributed by atoms with Crippen LogP contribution in [0.4, 0.5) is 5.69 Å². The van der Waals surface area contributed by atoms with Gasteiger partial charge in [0.05, 0.1) is 12.0 Å². The minimum atomic E-state index is -3.67. The number of rotatable bonds is 5. The van der Waals surface area contributed by atoms with Gasteiger partial charge in [0.15, 0.2) is 0 Å². The summed E-state index contributed by atoms with van der Waals surface area (Å²) in [6.07, 6.45) is 0. The Labute approximate surface area is 157 Å². The first-order valence-electron chi connectivity index (χ1n) is 8.31. The topological polar surface area (TPSA) is 68.5 Å². The molecule has 0 unspecified atom stereocenters. The predicted molar refractivity (Wildman–Crippen MR) is 105 cm³/mol. The zero-order valence-corrected chi connectivity index (χ0v) is 15.4. The lowest BCUT2D eigenvalue weighted by Gasteiger charge is -2.09. The van der Waals surface area contributed by atoms with Crippen molar-refractivity contribution in [3.63, 3.8) is 0 Å². The van der Waals surface area contributed by atoms with E-state index in [1.807, 2.05) is 42.5 Å². The van der Waals surface area contributed by atoms with Gasteiger partial charge in [0, 0.05) is 16.6 Å². The summed E-state index contributed by atoms with van der Waals surface area (Å²) in [5.41, 5.74) is 2.17. The molecule has 136 valence electrons. The van der Waals surface area contributed by atoms with Crippen LogP contribution in [-0.4, -0.2) is 15.5 Å². The third-order valence-corrected chi connectivity index (χ3v) is 5.61. The molecule has 4 aromatic rings. The number of nitrogens with one attached hydrogen (secondary N) is 1. The number of hydrogen-bond donors (Lipinski definition) is 1. The van der Waals surface area contributed by atoms with E-state index in [1.165, 1.54) is 19.2 Å². The van der Waals surface area contributed by atoms with Gasteiger partial charge in [-0.3, -0.25) is 4.72 Å². The highest BCUT2D eigenvalue weighted by atomic mass is 32.2. The van der Waals surface area contributed by atoms with Gasteiger partial charge < -0.3 is 9.15 Å². The zero-order chi connectivity index (χ0) is 18.9. The van der Waals surface area contributed by atoms with Crippen molar-refractivity contribution in [1.82, 2.24) is 0 Å². The second-order valence-electron chi connectivity index (χ2n) is 6.01. The lowest BCUT2D eigenvalue weighted by Crippen LogP contribution is -2.12. The molecule has 1 aromatic heterocycles. The summed E-state index contributed by atoms with van der Waals surface area (Å²) >= 11 is 0. The maximum Gasteiger partial charge on any atom is 0.261 e. The van der Waals surface area contributed by atoms with Crippen LogP contribution in [0.25, 0.3) is 22.3 Å². The van der Waals surface area contributed by atoms with Crippen LogP contribution < -0.4 is 9.46 Å². The number of anilines is 1. The van der Waals surface area contributed by atoms with Crippen LogP contribution in [0.15, 0.2) is 88.2 Å². The molecule has 4 rings (SSSR count). The predicted octanol–water partition coefficient (Wildman–Crippen LogP) is 4.91. The lowest BCUT2D eigenvalue weighted by molar-refractivity contribution is 0.414. The second kappa shape index (κ2) is 6.81. The molecule has 0 bridgehead atoms. The maximum absolute atomic E-state index is 12.5. The standard InChI is InChI=1S/C21H17NO4S/c1-25-18-10-12-19(13-11-18)27(23,24)22-17-8-6-15(7-9-17)21-14-16-4-2-3-5-20(16)26-21/h2-14,22H,1H3. The van der Waals surface area contributed by atoms with E-state index < -0.39 is 10.0 Å². The maximum atomic E-state index is 12.5. The molecule has 0 amide bonds. The molecule has 1 N–H and O–H groups in total. The van der Waals surface area contributed by atoms with Gasteiger partial charge in [0.2, 0.25) is 0 Å². The number of sulfonamides is 1. The van der Waals surface area contributed by atoms with Crippen LogP contribution in [0, 0.1) is 0 Å². The van der Waals surface area contributed by atoms with E-state index in [0.29, 0.717) is 11.4 Å². The Balaban J connectivity index is 1.56. The summed E-state index contributed by atoms with van der Waals surface area (Å²) in [7, 11) is -2.13. The van der Waals surface area contributed by atoms with Crippen LogP contribution in [0.2, 0.25) is 0 Å². The first-order chi connectivity index (χ1) is 13.0. The van der Waals surface area contributed by atoms with Crippen molar-refractivity contribution in [1.29, 1.82) is 0 Å². The fourth-order valence-corrected chi connectivity index (χ4v) is 3.85. The Morgan fingerprint density at radius 3 is 2.26 bits per heavy atom. The fourth-order valence-electron chi connectivity index (χ4n) is 2.80. The van der Waals surface area contributed by atoms with Crippen molar-refractivity contribution < 1.29 is 17.6 Å². The number of ether oxygens (including phenoxy) is 1. The summed E-state index contributed by atoms with van der Waals surface area (Å²) < 4.78 is 38.5. The molecule has 0 saturated carbocycles. The fraction of sp³-hybridized carbons (Fsp3) is 0.0476. The lowest BCUT2D eigenvalue weighted by atomic mass is 10.1. The van der Waals surface area contributed by atoms with E-state index in [-0.39, 0.29) is 4.90 Å². The molecule has 0 atom stereocenters. The zero-order valence-electron chi connectivity index (χ0n) is 14.5. The summed E-state index contributed by atoms with van der Waals surface area (Å²) in [5.74, 6) is 1.34. The van der Waals surface area contributed by atoms with E-state index in [0.717, 1.165) is 22.3 Å². The number of furan rings is 1. The Morgan fingerprint density at radius 2 is 1.59 bits per heavy atom. The summed E-state index contributed by atoms with van der Waals surface area (Å²) in [5, 5.41) is 1.02. The van der Waals surface area contributed by atoms with E-state index in [1.54, 1.807) is 24.3 Å². The van der Waals surface area contributed by atoms with Crippen molar-refractivity contribution in [3.8, 4) is 17.1 Å². The molecule has 1 heterocycles. The normalized spacial score (nSPS) is 11.4. The summed E-state index contributed by atoms with van der Waals surface area (Å²) in [4.78, 5) is 0.171. The molecule has 5 nitrogen and oxygen atoms in total. The van der Waals surface area contributed by atoms with E-state index >= 15 is 0 Å². The van der Waals surface area contributed by atoms with Gasteiger partial charge in [-0.05, 0) is 60.7 Å². The van der Waals surface area contributed by atoms with E-state index in [9.17, 15) is 8.42 Å². The van der Waals surface area contributed by atoms with Gasteiger partial charge >= 0.3 is 0 Å². The minimum Gasteiger partial charge on any atom is -0.497 e. The smallest absolute Gasteiger partial charge is 0.261 e. The van der Waals surface area contributed by atoms with Gasteiger partial charge in [0.1, 0.15) is 17.1 Å². The molecule has 0 fully saturated rings. The molecule has 6 heteroatoms. The Bertz CT molecular complexity index is 1140. The first kappa shape index (κ1) is 17.2. The largest absolute Gasteiger partial charge is 0.497 e. The highest BCUT2D eigenvalue weighted by Gasteiger charge is 2.14. The van der Waals surface area contributed by atoms with Gasteiger partial charge in [-0.15, -0.1) is 0 Å². The average Bonchev–Trinajstić information content (AvgIpc) is 3.12. The average molecular weight is 379 g/mol. The van der Waals surface area contributed by atoms with Crippen LogP contribution in [0.1, 0.15) is 0 Å². The molecule has 0 radical (unpaired) electrons. The summed E-state index contributed by atoms with van der Waals surface area (Å²) in [6, 6.07) is 23.0. The van der Waals surface area contributed by atoms with Crippen LogP contribution in [0.5, 0.6) is 5.75 Å². The van der Waals surface area contributed by atoms with Gasteiger partial charge in [-0.2, -0.15) is 0 Å². The van der Waals surface area contributed by atoms with E-state index in [4.69, 9.17) is 9.15 Å². The summed E-state index contributed by atoms with van der Waals surface area (Å²) in [6.45, 7) is 0. The van der Waals surface area contributed by atoms with Crippen molar-refractivity contribution >= 4 is 26.7 Å². The SMILES string of the molecule is COc1ccc(S(=O)(=O)Nc2ccc(-c3cc4ccccc4o3)cc2)cc1. The molecule has 0 saturated heterocycles. The molecule has 0 aliphatic carbocycles. The first-order valence-corrected chi connectivity index (χ1v) is 9.79. The number of hydrogen-bond acceptors (Lipinski definition) is 4. The molecular weight excluding hydrogens is 362 g/mol. The highest BCUT2D eigenvalue weighted by molar-refractivity contribution is 7.92. The van der Waals surface area contributed by atoms with Crippen molar-refractivity contribution in [2.24, 2.45) is 0 Å². The molecule has 0 spiro atoms. The monoisotopic (exact) mass is 379 g/mol. The van der Waals surface area contributed by atoms with Crippen LogP contribution in [0.3, 0.4) is 0 Å². The van der Waals surface area contributed by atoms with Crippen molar-refractivity contribution in [3.05, 3.63) is 78.9 Å². The Kier molecular flexibility index (Phi) is 4.33. The molecular formula is C21H17NO4S. The molecule has 3 aromatic carbocycles. The van der Waals surface area contributed by atoms with Crippen molar-refractivity contribution in [2.45, 2.75) is 4.90 Å².